The van der Waals surface area contributed by atoms with Gasteiger partial charge in [0.25, 0.3) is 0 Å². The summed E-state index contributed by atoms with van der Waals surface area (Å²) in [5.74, 6) is 7.25. The molecule has 0 radical (unpaired) electrons. The van der Waals surface area contributed by atoms with Crippen molar-refractivity contribution in [3.05, 3.63) is 59.3 Å². The molecule has 3 rings (SSSR count). The van der Waals surface area contributed by atoms with Crippen LogP contribution < -0.4 is 15.5 Å². The fraction of sp³-hybridized carbons (Fsp3) is 0.391. The number of anilines is 1. The molecule has 2 heterocycles. The largest absolute Gasteiger partial charge is 0.416 e. The molecule has 32 heavy (non-hydrogen) atoms. The summed E-state index contributed by atoms with van der Waals surface area (Å²) in [6.07, 6.45) is -2.47. The molecule has 0 unspecified atom stereocenters. The molecular weight excluding hydrogens is 530 g/mol. The molecule has 1 fully saturated rings. The van der Waals surface area contributed by atoms with Gasteiger partial charge in [-0.25, -0.2) is 4.98 Å². The van der Waals surface area contributed by atoms with Crippen molar-refractivity contribution in [2.45, 2.75) is 32.0 Å². The van der Waals surface area contributed by atoms with Gasteiger partial charge in [0.1, 0.15) is 5.82 Å². The molecule has 0 amide bonds. The van der Waals surface area contributed by atoms with Gasteiger partial charge in [-0.2, -0.15) is 13.2 Å². The molecule has 2 N–H and O–H groups in total. The van der Waals surface area contributed by atoms with Crippen molar-refractivity contribution >= 4 is 35.8 Å². The van der Waals surface area contributed by atoms with Crippen molar-refractivity contribution in [2.75, 3.05) is 31.6 Å². The van der Waals surface area contributed by atoms with E-state index >= 15 is 0 Å². The fourth-order valence-corrected chi connectivity index (χ4v) is 3.39. The first kappa shape index (κ1) is 25.8. The average molecular weight is 557 g/mol. The van der Waals surface area contributed by atoms with Crippen molar-refractivity contribution in [3.63, 3.8) is 0 Å². The van der Waals surface area contributed by atoms with Gasteiger partial charge < -0.3 is 15.5 Å². The molecule has 0 spiro atoms. The zero-order valence-electron chi connectivity index (χ0n) is 18.0. The first-order valence-corrected chi connectivity index (χ1v) is 10.2. The summed E-state index contributed by atoms with van der Waals surface area (Å²) < 4.78 is 38.3. The minimum Gasteiger partial charge on any atom is -0.356 e. The smallest absolute Gasteiger partial charge is 0.356 e. The number of hydrogen-bond acceptors (Lipinski definition) is 3. The number of aryl methyl sites for hydroxylation is 1. The average Bonchev–Trinajstić information content (AvgIpc) is 2.76. The summed E-state index contributed by atoms with van der Waals surface area (Å²) in [6.45, 7) is 4.08. The SMILES string of the molecule is CN=C(NCC#Cc1cccc(C(F)(F)F)c1)NC1CCN(c2cccc(C)n2)CC1.I. The summed E-state index contributed by atoms with van der Waals surface area (Å²) >= 11 is 0. The second kappa shape index (κ2) is 11.9. The number of halogens is 4. The fourth-order valence-electron chi connectivity index (χ4n) is 3.39. The van der Waals surface area contributed by atoms with Crippen LogP contribution in [0.4, 0.5) is 19.0 Å². The Bertz CT molecular complexity index is 973. The topological polar surface area (TPSA) is 52.6 Å². The van der Waals surface area contributed by atoms with Gasteiger partial charge in [0.05, 0.1) is 12.1 Å². The summed E-state index contributed by atoms with van der Waals surface area (Å²) in [5.41, 5.74) is 0.641. The van der Waals surface area contributed by atoms with Crippen LogP contribution in [0.15, 0.2) is 47.5 Å². The maximum absolute atomic E-state index is 12.8. The van der Waals surface area contributed by atoms with Crippen LogP contribution in [0.5, 0.6) is 0 Å². The maximum atomic E-state index is 12.8. The molecule has 1 aliphatic rings. The van der Waals surface area contributed by atoms with Gasteiger partial charge in [-0.1, -0.05) is 24.0 Å². The van der Waals surface area contributed by atoms with Gasteiger partial charge in [-0.15, -0.1) is 24.0 Å². The van der Waals surface area contributed by atoms with Crippen LogP contribution in [0.2, 0.25) is 0 Å². The molecule has 0 bridgehead atoms. The molecule has 9 heteroatoms. The predicted octanol–water partition coefficient (Wildman–Crippen LogP) is 4.21. The first-order chi connectivity index (χ1) is 14.8. The third kappa shape index (κ3) is 7.58. The van der Waals surface area contributed by atoms with E-state index in [9.17, 15) is 13.2 Å². The number of aromatic nitrogens is 1. The van der Waals surface area contributed by atoms with Gasteiger partial charge >= 0.3 is 6.18 Å². The number of pyridine rings is 1. The number of guanidine groups is 1. The molecule has 1 saturated heterocycles. The Morgan fingerprint density at radius 1 is 1.19 bits per heavy atom. The van der Waals surface area contributed by atoms with Crippen molar-refractivity contribution in [1.82, 2.24) is 15.6 Å². The van der Waals surface area contributed by atoms with Crippen LogP contribution in [-0.2, 0) is 6.18 Å². The van der Waals surface area contributed by atoms with E-state index in [1.54, 1.807) is 13.1 Å². The zero-order valence-corrected chi connectivity index (χ0v) is 20.4. The molecular formula is C23H27F3IN5. The molecule has 172 valence electrons. The maximum Gasteiger partial charge on any atom is 0.416 e. The number of benzene rings is 1. The van der Waals surface area contributed by atoms with Crippen LogP contribution >= 0.6 is 24.0 Å². The normalized spacial score (nSPS) is 14.8. The van der Waals surface area contributed by atoms with Gasteiger partial charge in [0, 0.05) is 37.4 Å². The summed E-state index contributed by atoms with van der Waals surface area (Å²) in [7, 11) is 1.68. The molecule has 5 nitrogen and oxygen atoms in total. The quantitative estimate of drug-likeness (QED) is 0.257. The highest BCUT2D eigenvalue weighted by Gasteiger charge is 2.30. The number of nitrogens with zero attached hydrogens (tertiary/aromatic N) is 3. The van der Waals surface area contributed by atoms with Gasteiger partial charge in [0.15, 0.2) is 5.96 Å². The molecule has 1 aromatic carbocycles. The van der Waals surface area contributed by atoms with E-state index in [1.807, 2.05) is 25.1 Å². The van der Waals surface area contributed by atoms with Gasteiger partial charge in [-0.3, -0.25) is 4.99 Å². The van der Waals surface area contributed by atoms with Crippen LogP contribution in [0, 0.1) is 18.8 Å². The molecule has 1 aliphatic heterocycles. The van der Waals surface area contributed by atoms with E-state index in [2.05, 4.69) is 37.4 Å². The van der Waals surface area contributed by atoms with E-state index in [-0.39, 0.29) is 36.6 Å². The lowest BCUT2D eigenvalue weighted by Crippen LogP contribution is -2.49. The zero-order chi connectivity index (χ0) is 22.3. The van der Waals surface area contributed by atoms with Gasteiger partial charge in [0.2, 0.25) is 0 Å². The Labute approximate surface area is 203 Å². The number of nitrogens with one attached hydrogen (secondary N) is 2. The Kier molecular flexibility index (Phi) is 9.62. The number of hydrogen-bond donors (Lipinski definition) is 2. The van der Waals surface area contributed by atoms with Gasteiger partial charge in [-0.05, 0) is 50.1 Å². The number of alkyl halides is 3. The molecule has 1 aromatic heterocycles. The lowest BCUT2D eigenvalue weighted by atomic mass is 10.1. The van der Waals surface area contributed by atoms with Crippen LogP contribution in [-0.4, -0.2) is 43.7 Å². The van der Waals surface area contributed by atoms with E-state index in [4.69, 9.17) is 0 Å². The third-order valence-electron chi connectivity index (χ3n) is 5.02. The minimum absolute atomic E-state index is 0. The first-order valence-electron chi connectivity index (χ1n) is 10.2. The number of aliphatic imine (C=N–C) groups is 1. The van der Waals surface area contributed by atoms with E-state index in [1.165, 1.54) is 6.07 Å². The highest BCUT2D eigenvalue weighted by atomic mass is 127. The Balaban J connectivity index is 0.00000363. The highest BCUT2D eigenvalue weighted by molar-refractivity contribution is 14.0. The summed E-state index contributed by atoms with van der Waals surface area (Å²) in [6, 6.07) is 11.3. The lowest BCUT2D eigenvalue weighted by molar-refractivity contribution is -0.137. The van der Waals surface area contributed by atoms with Crippen LogP contribution in [0.1, 0.15) is 29.7 Å². The monoisotopic (exact) mass is 557 g/mol. The van der Waals surface area contributed by atoms with Crippen LogP contribution in [0.25, 0.3) is 0 Å². The number of rotatable bonds is 3. The van der Waals surface area contributed by atoms with E-state index in [0.717, 1.165) is 49.6 Å². The van der Waals surface area contributed by atoms with Crippen molar-refractivity contribution in [2.24, 2.45) is 4.99 Å². The minimum atomic E-state index is -4.37. The van der Waals surface area contributed by atoms with Crippen molar-refractivity contribution in [3.8, 4) is 11.8 Å². The van der Waals surface area contributed by atoms with Crippen molar-refractivity contribution < 1.29 is 13.2 Å². The molecule has 2 aromatic rings. The standard InChI is InChI=1S/C23H26F3N5.HI/c1-17-6-3-10-21(29-17)31-14-11-20(12-15-31)30-22(27-2)28-13-5-8-18-7-4-9-19(16-18)23(24,25)26;/h3-4,6-7,9-10,16,20H,11-15H2,1-2H3,(H2,27,28,30);1H. The third-order valence-corrected chi connectivity index (χ3v) is 5.02. The Morgan fingerprint density at radius 2 is 1.91 bits per heavy atom. The van der Waals surface area contributed by atoms with E-state index < -0.39 is 11.7 Å². The predicted molar refractivity (Wildman–Crippen MR) is 132 cm³/mol. The highest BCUT2D eigenvalue weighted by Crippen LogP contribution is 2.29. The van der Waals surface area contributed by atoms with Crippen molar-refractivity contribution in [1.29, 1.82) is 0 Å². The molecule has 0 aliphatic carbocycles. The lowest BCUT2D eigenvalue weighted by Gasteiger charge is -2.33. The second-order valence-corrected chi connectivity index (χ2v) is 7.35. The Hall–Kier alpha value is -2.48. The second-order valence-electron chi connectivity index (χ2n) is 7.35. The van der Waals surface area contributed by atoms with E-state index in [0.29, 0.717) is 11.5 Å². The molecule has 0 atom stereocenters. The Morgan fingerprint density at radius 3 is 2.56 bits per heavy atom. The van der Waals surface area contributed by atoms with Crippen LogP contribution in [0.3, 0.4) is 0 Å². The summed E-state index contributed by atoms with van der Waals surface area (Å²) in [4.78, 5) is 11.1. The summed E-state index contributed by atoms with van der Waals surface area (Å²) in [5, 5.41) is 6.49. The molecule has 0 saturated carbocycles. The number of piperidine rings is 1.